The van der Waals surface area contributed by atoms with Crippen LogP contribution in [0.15, 0.2) is 24.3 Å². The van der Waals surface area contributed by atoms with Gasteiger partial charge in [0.2, 0.25) is 0 Å². The Balaban J connectivity index is 2.61. The van der Waals surface area contributed by atoms with Gasteiger partial charge in [-0.25, -0.2) is 9.37 Å². The van der Waals surface area contributed by atoms with E-state index in [0.29, 0.717) is 16.2 Å². The van der Waals surface area contributed by atoms with Crippen LogP contribution in [0.1, 0.15) is 5.82 Å². The number of nitrogens with one attached hydrogen (secondary N) is 1. The van der Waals surface area contributed by atoms with E-state index in [9.17, 15) is 4.39 Å². The number of hydrogen-bond acceptors (Lipinski definition) is 2. The van der Waals surface area contributed by atoms with Crippen LogP contribution in [0.5, 0.6) is 0 Å². The highest BCUT2D eigenvalue weighted by Crippen LogP contribution is 2.32. The zero-order chi connectivity index (χ0) is 12.9. The number of nitrogens with zero attached hydrogens (tertiary/aromatic N) is 2. The van der Waals surface area contributed by atoms with Gasteiger partial charge >= 0.3 is 0 Å². The number of benzene rings is 1. The van der Waals surface area contributed by atoms with E-state index >= 15 is 0 Å². The van der Waals surface area contributed by atoms with Gasteiger partial charge in [0.05, 0.1) is 16.7 Å². The summed E-state index contributed by atoms with van der Waals surface area (Å²) >= 11 is 6.10. The minimum atomic E-state index is -0.242. The van der Waals surface area contributed by atoms with Gasteiger partial charge in [-0.05, 0) is 25.1 Å². The maximum atomic E-state index is 13.8. The van der Waals surface area contributed by atoms with Gasteiger partial charge in [-0.2, -0.15) is 0 Å². The van der Waals surface area contributed by atoms with Crippen molar-refractivity contribution >= 4 is 33.7 Å². The summed E-state index contributed by atoms with van der Waals surface area (Å²) in [5.41, 5.74) is 2.33. The Hall–Kier alpha value is -1.81. The number of halogens is 2. The van der Waals surface area contributed by atoms with Crippen LogP contribution in [-0.2, 0) is 0 Å². The van der Waals surface area contributed by atoms with E-state index in [2.05, 4.69) is 10.3 Å². The second-order valence-electron chi connectivity index (χ2n) is 4.11. The molecule has 0 bridgehead atoms. The normalized spacial score (nSPS) is 11.3. The lowest BCUT2D eigenvalue weighted by molar-refractivity contribution is 0.640. The third-order valence-electron chi connectivity index (χ3n) is 3.09. The lowest BCUT2D eigenvalue weighted by Crippen LogP contribution is -2.01. The molecule has 18 heavy (non-hydrogen) atoms. The quantitative estimate of drug-likeness (QED) is 0.680. The van der Waals surface area contributed by atoms with Crippen LogP contribution in [0, 0.1) is 12.7 Å². The molecule has 0 radical (unpaired) electrons. The summed E-state index contributed by atoms with van der Waals surface area (Å²) in [6.07, 6.45) is 0. The standard InChI is InChI=1S/C13H11ClFN3/c1-7-17-13(14)12(16-2)11-6-8-9(15)4-3-5-10(8)18(7)11/h3-6,16H,1-2H3. The summed E-state index contributed by atoms with van der Waals surface area (Å²) < 4.78 is 15.7. The van der Waals surface area contributed by atoms with Crippen LogP contribution < -0.4 is 5.32 Å². The summed E-state index contributed by atoms with van der Waals surface area (Å²) in [7, 11) is 1.77. The van der Waals surface area contributed by atoms with Gasteiger partial charge in [-0.15, -0.1) is 0 Å². The SMILES string of the molecule is CNc1c(Cl)nc(C)n2c1cc1c(F)cccc12. The Kier molecular flexibility index (Phi) is 2.41. The Morgan fingerprint density at radius 2 is 2.11 bits per heavy atom. The molecular formula is C13H11ClFN3. The average molecular weight is 264 g/mol. The smallest absolute Gasteiger partial charge is 0.156 e. The van der Waals surface area contributed by atoms with E-state index < -0.39 is 0 Å². The summed E-state index contributed by atoms with van der Waals surface area (Å²) in [6, 6.07) is 6.80. The first-order valence-electron chi connectivity index (χ1n) is 5.57. The molecule has 3 nitrogen and oxygen atoms in total. The molecule has 0 aliphatic rings. The molecule has 0 spiro atoms. The third-order valence-corrected chi connectivity index (χ3v) is 3.36. The molecule has 1 N–H and O–H groups in total. The first-order valence-corrected chi connectivity index (χ1v) is 5.95. The molecule has 0 saturated carbocycles. The van der Waals surface area contributed by atoms with Gasteiger partial charge in [0.25, 0.3) is 0 Å². The molecule has 0 saturated heterocycles. The van der Waals surface area contributed by atoms with Gasteiger partial charge in [-0.3, -0.25) is 4.40 Å². The molecule has 5 heteroatoms. The fourth-order valence-corrected chi connectivity index (χ4v) is 2.63. The van der Waals surface area contributed by atoms with E-state index in [1.165, 1.54) is 6.07 Å². The summed E-state index contributed by atoms with van der Waals surface area (Å²) in [5.74, 6) is 0.489. The predicted octanol–water partition coefficient (Wildman–Crippen LogP) is 3.63. The fraction of sp³-hybridized carbons (Fsp3) is 0.154. The summed E-state index contributed by atoms with van der Waals surface area (Å²) in [5, 5.41) is 3.97. The van der Waals surface area contributed by atoms with Crippen molar-refractivity contribution in [2.24, 2.45) is 0 Å². The van der Waals surface area contributed by atoms with Crippen LogP contribution in [-0.4, -0.2) is 16.4 Å². The summed E-state index contributed by atoms with van der Waals surface area (Å²) in [4.78, 5) is 4.27. The molecule has 2 aromatic heterocycles. The first-order chi connectivity index (χ1) is 8.63. The highest BCUT2D eigenvalue weighted by Gasteiger charge is 2.14. The molecule has 0 fully saturated rings. The second-order valence-corrected chi connectivity index (χ2v) is 4.47. The van der Waals surface area contributed by atoms with Crippen molar-refractivity contribution in [3.05, 3.63) is 41.1 Å². The van der Waals surface area contributed by atoms with E-state index in [1.807, 2.05) is 17.4 Å². The lowest BCUT2D eigenvalue weighted by Gasteiger charge is -2.09. The Morgan fingerprint density at radius 3 is 2.83 bits per heavy atom. The first kappa shape index (κ1) is 11.3. The molecule has 0 aliphatic carbocycles. The van der Waals surface area contributed by atoms with Crippen LogP contribution in [0.2, 0.25) is 5.15 Å². The highest BCUT2D eigenvalue weighted by atomic mass is 35.5. The largest absolute Gasteiger partial charge is 0.384 e. The Morgan fingerprint density at radius 1 is 1.33 bits per heavy atom. The van der Waals surface area contributed by atoms with Crippen LogP contribution in [0.3, 0.4) is 0 Å². The zero-order valence-electron chi connectivity index (χ0n) is 9.96. The second kappa shape index (κ2) is 3.85. The molecular weight excluding hydrogens is 253 g/mol. The van der Waals surface area contributed by atoms with Crippen molar-refractivity contribution in [2.75, 3.05) is 12.4 Å². The molecule has 3 rings (SSSR count). The zero-order valence-corrected chi connectivity index (χ0v) is 10.7. The van der Waals surface area contributed by atoms with Crippen molar-refractivity contribution in [3.8, 4) is 0 Å². The highest BCUT2D eigenvalue weighted by molar-refractivity contribution is 6.33. The van der Waals surface area contributed by atoms with Gasteiger partial charge in [0, 0.05) is 12.4 Å². The number of anilines is 1. The number of aryl methyl sites for hydroxylation is 1. The summed E-state index contributed by atoms with van der Waals surface area (Å²) in [6.45, 7) is 1.85. The molecule has 0 amide bonds. The minimum absolute atomic E-state index is 0.242. The maximum absolute atomic E-state index is 13.8. The third kappa shape index (κ3) is 1.39. The molecule has 0 aliphatic heterocycles. The molecule has 3 aromatic rings. The predicted molar refractivity (Wildman–Crippen MR) is 71.9 cm³/mol. The van der Waals surface area contributed by atoms with Crippen molar-refractivity contribution < 1.29 is 4.39 Å². The monoisotopic (exact) mass is 263 g/mol. The van der Waals surface area contributed by atoms with Gasteiger partial charge in [0.15, 0.2) is 5.15 Å². The van der Waals surface area contributed by atoms with E-state index in [1.54, 1.807) is 19.2 Å². The Bertz CT molecular complexity index is 764. The lowest BCUT2D eigenvalue weighted by atomic mass is 10.2. The van der Waals surface area contributed by atoms with Crippen molar-refractivity contribution in [2.45, 2.75) is 6.92 Å². The van der Waals surface area contributed by atoms with Gasteiger partial charge in [0.1, 0.15) is 11.6 Å². The van der Waals surface area contributed by atoms with E-state index in [4.69, 9.17) is 11.6 Å². The fourth-order valence-electron chi connectivity index (χ4n) is 2.31. The number of rotatable bonds is 1. The van der Waals surface area contributed by atoms with Crippen molar-refractivity contribution in [1.82, 2.24) is 9.38 Å². The van der Waals surface area contributed by atoms with Crippen LogP contribution >= 0.6 is 11.6 Å². The van der Waals surface area contributed by atoms with Crippen LogP contribution in [0.25, 0.3) is 16.4 Å². The molecule has 2 heterocycles. The minimum Gasteiger partial charge on any atom is -0.384 e. The number of hydrogen-bond donors (Lipinski definition) is 1. The van der Waals surface area contributed by atoms with Crippen molar-refractivity contribution in [1.29, 1.82) is 0 Å². The Labute approximate surface area is 108 Å². The van der Waals surface area contributed by atoms with Crippen LogP contribution in [0.4, 0.5) is 10.1 Å². The van der Waals surface area contributed by atoms with Gasteiger partial charge in [-0.1, -0.05) is 17.7 Å². The van der Waals surface area contributed by atoms with E-state index in [-0.39, 0.29) is 5.82 Å². The van der Waals surface area contributed by atoms with Gasteiger partial charge < -0.3 is 5.32 Å². The van der Waals surface area contributed by atoms with Crippen molar-refractivity contribution in [3.63, 3.8) is 0 Å². The molecule has 0 atom stereocenters. The number of fused-ring (bicyclic) bond motifs is 3. The van der Waals surface area contributed by atoms with E-state index in [0.717, 1.165) is 16.9 Å². The topological polar surface area (TPSA) is 29.3 Å². The molecule has 92 valence electrons. The molecule has 1 aromatic carbocycles. The number of aromatic nitrogens is 2. The molecule has 0 unspecified atom stereocenters. The average Bonchev–Trinajstić information content (AvgIpc) is 2.70. The maximum Gasteiger partial charge on any atom is 0.156 e.